The summed E-state index contributed by atoms with van der Waals surface area (Å²) < 4.78 is 0. The van der Waals surface area contributed by atoms with Gasteiger partial charge in [0.25, 0.3) is 0 Å². The van der Waals surface area contributed by atoms with E-state index in [0.717, 1.165) is 32.4 Å². The highest BCUT2D eigenvalue weighted by molar-refractivity contribution is 5.78. The fourth-order valence-corrected chi connectivity index (χ4v) is 3.21. The van der Waals surface area contributed by atoms with Crippen LogP contribution in [0.4, 0.5) is 0 Å². The van der Waals surface area contributed by atoms with Crippen molar-refractivity contribution in [2.24, 2.45) is 10.8 Å². The van der Waals surface area contributed by atoms with Gasteiger partial charge in [-0.25, -0.2) is 0 Å². The summed E-state index contributed by atoms with van der Waals surface area (Å²) in [5, 5.41) is 3.23. The van der Waals surface area contributed by atoms with Crippen LogP contribution in [0, 0.1) is 10.8 Å². The Morgan fingerprint density at radius 3 is 1.96 bits per heavy atom. The highest BCUT2D eigenvalue weighted by Crippen LogP contribution is 2.27. The SMILES string of the molecule is CCCN(CCC(C)(C)CC)CC(=O)NC(C)(C)CC(C)(C)C. The van der Waals surface area contributed by atoms with Crippen LogP contribution < -0.4 is 5.32 Å². The van der Waals surface area contributed by atoms with Gasteiger partial charge in [-0.1, -0.05) is 54.9 Å². The Morgan fingerprint density at radius 1 is 0.957 bits per heavy atom. The molecule has 0 saturated heterocycles. The number of carbonyl (C=O) groups excluding carboxylic acids is 1. The maximum Gasteiger partial charge on any atom is 0.234 e. The lowest BCUT2D eigenvalue weighted by Crippen LogP contribution is -2.49. The topological polar surface area (TPSA) is 32.3 Å². The van der Waals surface area contributed by atoms with Gasteiger partial charge in [-0.2, -0.15) is 0 Å². The van der Waals surface area contributed by atoms with Crippen molar-refractivity contribution in [3.05, 3.63) is 0 Å². The molecule has 0 fully saturated rings. The first-order valence-corrected chi connectivity index (χ1v) is 9.33. The van der Waals surface area contributed by atoms with Crippen LogP contribution in [0.2, 0.25) is 0 Å². The number of hydrogen-bond donors (Lipinski definition) is 1. The second-order valence-corrected chi connectivity index (χ2v) is 9.71. The zero-order valence-electron chi connectivity index (χ0n) is 17.3. The molecule has 0 aromatic rings. The summed E-state index contributed by atoms with van der Waals surface area (Å²) >= 11 is 0. The Hall–Kier alpha value is -0.570. The second-order valence-electron chi connectivity index (χ2n) is 9.71. The summed E-state index contributed by atoms with van der Waals surface area (Å²) in [6.45, 7) is 22.5. The van der Waals surface area contributed by atoms with Crippen molar-refractivity contribution in [2.45, 2.75) is 93.5 Å². The van der Waals surface area contributed by atoms with Crippen LogP contribution >= 0.6 is 0 Å². The van der Waals surface area contributed by atoms with Gasteiger partial charge >= 0.3 is 0 Å². The number of rotatable bonds is 10. The largest absolute Gasteiger partial charge is 0.350 e. The molecule has 0 heterocycles. The average molecular weight is 327 g/mol. The molecular weight excluding hydrogens is 284 g/mol. The molecule has 3 nitrogen and oxygen atoms in total. The van der Waals surface area contributed by atoms with Gasteiger partial charge in [0.05, 0.1) is 6.54 Å². The van der Waals surface area contributed by atoms with E-state index in [1.54, 1.807) is 0 Å². The van der Waals surface area contributed by atoms with E-state index in [2.05, 4.69) is 72.5 Å². The predicted octanol–water partition coefficient (Wildman–Crippen LogP) is 4.86. The van der Waals surface area contributed by atoms with Crippen LogP contribution in [-0.2, 0) is 4.79 Å². The lowest BCUT2D eigenvalue weighted by Gasteiger charge is -2.34. The first-order valence-electron chi connectivity index (χ1n) is 9.33. The molecule has 0 unspecified atom stereocenters. The van der Waals surface area contributed by atoms with Gasteiger partial charge in [0.2, 0.25) is 5.91 Å². The summed E-state index contributed by atoms with van der Waals surface area (Å²) in [5.41, 5.74) is 0.412. The van der Waals surface area contributed by atoms with Crippen molar-refractivity contribution in [1.82, 2.24) is 10.2 Å². The van der Waals surface area contributed by atoms with Crippen LogP contribution in [0.25, 0.3) is 0 Å². The molecule has 0 saturated carbocycles. The standard InChI is InChI=1S/C20H42N2O/c1-10-13-22(14-12-19(6,7)11-2)15-17(23)21-20(8,9)16-18(3,4)5/h10-16H2,1-9H3,(H,21,23). The monoisotopic (exact) mass is 326 g/mol. The van der Waals surface area contributed by atoms with Crippen LogP contribution in [0.5, 0.6) is 0 Å². The van der Waals surface area contributed by atoms with E-state index in [1.807, 2.05) is 0 Å². The van der Waals surface area contributed by atoms with E-state index >= 15 is 0 Å². The van der Waals surface area contributed by atoms with Crippen molar-refractivity contribution in [2.75, 3.05) is 19.6 Å². The number of carbonyl (C=O) groups is 1. The molecule has 0 aromatic carbocycles. The van der Waals surface area contributed by atoms with E-state index in [0.29, 0.717) is 12.0 Å². The minimum atomic E-state index is -0.157. The fraction of sp³-hybridized carbons (Fsp3) is 0.950. The third-order valence-electron chi connectivity index (χ3n) is 4.42. The van der Waals surface area contributed by atoms with Gasteiger partial charge in [0.1, 0.15) is 0 Å². The Bertz CT molecular complexity index is 353. The van der Waals surface area contributed by atoms with Gasteiger partial charge in [-0.15, -0.1) is 0 Å². The van der Waals surface area contributed by atoms with Gasteiger partial charge in [-0.3, -0.25) is 9.69 Å². The molecule has 0 radical (unpaired) electrons. The number of amides is 1. The van der Waals surface area contributed by atoms with E-state index < -0.39 is 0 Å². The molecule has 3 heteroatoms. The molecule has 0 atom stereocenters. The Balaban J connectivity index is 4.55. The molecule has 0 aliphatic heterocycles. The zero-order chi connectivity index (χ0) is 18.3. The summed E-state index contributed by atoms with van der Waals surface area (Å²) in [6.07, 6.45) is 4.38. The predicted molar refractivity (Wildman–Crippen MR) is 102 cm³/mol. The molecule has 0 rings (SSSR count). The summed E-state index contributed by atoms with van der Waals surface area (Å²) in [4.78, 5) is 14.8. The van der Waals surface area contributed by atoms with Crippen molar-refractivity contribution < 1.29 is 4.79 Å². The average Bonchev–Trinajstić information content (AvgIpc) is 2.32. The molecule has 0 aliphatic rings. The van der Waals surface area contributed by atoms with E-state index in [-0.39, 0.29) is 16.9 Å². The Labute approximate surface area is 145 Å². The van der Waals surface area contributed by atoms with Crippen LogP contribution in [0.1, 0.15) is 88.0 Å². The van der Waals surface area contributed by atoms with E-state index in [9.17, 15) is 4.79 Å². The zero-order valence-corrected chi connectivity index (χ0v) is 17.3. The summed E-state index contributed by atoms with van der Waals surface area (Å²) in [5.74, 6) is 0.155. The number of nitrogens with one attached hydrogen (secondary N) is 1. The molecule has 138 valence electrons. The maximum atomic E-state index is 12.5. The molecule has 0 aromatic heterocycles. The van der Waals surface area contributed by atoms with Crippen molar-refractivity contribution in [3.8, 4) is 0 Å². The smallest absolute Gasteiger partial charge is 0.234 e. The fourth-order valence-electron chi connectivity index (χ4n) is 3.21. The van der Waals surface area contributed by atoms with E-state index in [4.69, 9.17) is 0 Å². The maximum absolute atomic E-state index is 12.5. The van der Waals surface area contributed by atoms with Gasteiger partial charge < -0.3 is 5.32 Å². The summed E-state index contributed by atoms with van der Waals surface area (Å²) in [7, 11) is 0. The first-order chi connectivity index (χ1) is 10.3. The van der Waals surface area contributed by atoms with Gasteiger partial charge in [-0.05, 0) is 57.0 Å². The summed E-state index contributed by atoms with van der Waals surface area (Å²) in [6, 6.07) is 0. The molecule has 1 N–H and O–H groups in total. The first kappa shape index (κ1) is 22.4. The Kier molecular flexibility index (Phi) is 8.83. The molecule has 23 heavy (non-hydrogen) atoms. The van der Waals surface area contributed by atoms with E-state index in [1.165, 1.54) is 6.42 Å². The normalized spacial score (nSPS) is 13.5. The van der Waals surface area contributed by atoms with Crippen molar-refractivity contribution in [3.63, 3.8) is 0 Å². The number of hydrogen-bond acceptors (Lipinski definition) is 2. The lowest BCUT2D eigenvalue weighted by molar-refractivity contribution is -0.124. The molecule has 1 amide bonds. The minimum absolute atomic E-state index is 0.155. The lowest BCUT2D eigenvalue weighted by atomic mass is 9.82. The highest BCUT2D eigenvalue weighted by atomic mass is 16.2. The molecule has 0 bridgehead atoms. The highest BCUT2D eigenvalue weighted by Gasteiger charge is 2.27. The number of nitrogens with zero attached hydrogens (tertiary/aromatic N) is 1. The van der Waals surface area contributed by atoms with Crippen LogP contribution in [0.15, 0.2) is 0 Å². The quantitative estimate of drug-likeness (QED) is 0.622. The molecular formula is C20H42N2O. The Morgan fingerprint density at radius 2 is 1.52 bits per heavy atom. The second kappa shape index (κ2) is 9.05. The minimum Gasteiger partial charge on any atom is -0.350 e. The van der Waals surface area contributed by atoms with Crippen molar-refractivity contribution in [1.29, 1.82) is 0 Å². The van der Waals surface area contributed by atoms with Gasteiger partial charge in [0, 0.05) is 5.54 Å². The van der Waals surface area contributed by atoms with Crippen LogP contribution in [0.3, 0.4) is 0 Å². The third-order valence-corrected chi connectivity index (χ3v) is 4.42. The van der Waals surface area contributed by atoms with Crippen LogP contribution in [-0.4, -0.2) is 36.0 Å². The van der Waals surface area contributed by atoms with Crippen molar-refractivity contribution >= 4 is 5.91 Å². The third kappa shape index (κ3) is 11.6. The van der Waals surface area contributed by atoms with Gasteiger partial charge in [0.15, 0.2) is 0 Å². The molecule has 0 spiro atoms. The molecule has 0 aliphatic carbocycles.